The van der Waals surface area contributed by atoms with Gasteiger partial charge >= 0.3 is 0 Å². The Morgan fingerprint density at radius 3 is 2.38 bits per heavy atom. The number of likely N-dealkylation sites (tertiary alicyclic amines) is 2. The van der Waals surface area contributed by atoms with E-state index in [9.17, 15) is 14.4 Å². The molecule has 2 aliphatic heterocycles. The monoisotopic (exact) mass is 413 g/mol. The molecule has 0 aliphatic carbocycles. The molecule has 2 aliphatic rings. The van der Waals surface area contributed by atoms with E-state index < -0.39 is 5.91 Å². The second-order valence-electron chi connectivity index (χ2n) is 7.36. The number of piperidine rings is 1. The van der Waals surface area contributed by atoms with E-state index in [0.29, 0.717) is 18.8 Å². The summed E-state index contributed by atoms with van der Waals surface area (Å²) in [6, 6.07) is 9.05. The average molecular weight is 414 g/mol. The molecule has 0 spiro atoms. The summed E-state index contributed by atoms with van der Waals surface area (Å²) in [5.41, 5.74) is 0.653. The molecule has 0 saturated carbocycles. The number of hydrogen-bond donors (Lipinski definition) is 1. The molecule has 2 aromatic rings. The zero-order valence-electron chi connectivity index (χ0n) is 16.0. The largest absolute Gasteiger partial charge is 0.342 e. The summed E-state index contributed by atoms with van der Waals surface area (Å²) >= 11 is 0.976. The second kappa shape index (κ2) is 8.69. The SMILES string of the molecule is O=C(Nc1ccccc1)c1nnc(C(=O)N2CCCC(C(=O)N3CCCC3)C2)s1. The standard InChI is InChI=1S/C20H23N5O3S/c26-16(21-15-8-2-1-3-9-15)17-22-23-18(29-17)20(28)25-12-6-7-14(13-25)19(27)24-10-4-5-11-24/h1-3,8-9,14H,4-7,10-13H2,(H,21,26). The van der Waals surface area contributed by atoms with Crippen LogP contribution in [0, 0.1) is 5.92 Å². The molecule has 1 N–H and O–H groups in total. The van der Waals surface area contributed by atoms with Gasteiger partial charge < -0.3 is 15.1 Å². The highest BCUT2D eigenvalue weighted by molar-refractivity contribution is 7.15. The number of benzene rings is 1. The van der Waals surface area contributed by atoms with Crippen molar-refractivity contribution >= 4 is 34.7 Å². The number of aromatic nitrogens is 2. The highest BCUT2D eigenvalue weighted by Gasteiger charge is 2.33. The van der Waals surface area contributed by atoms with Gasteiger partial charge in [0, 0.05) is 31.9 Å². The fraction of sp³-hybridized carbons (Fsp3) is 0.450. The molecule has 9 heteroatoms. The molecule has 0 bridgehead atoms. The van der Waals surface area contributed by atoms with Crippen LogP contribution >= 0.6 is 11.3 Å². The van der Waals surface area contributed by atoms with Crippen LogP contribution < -0.4 is 5.32 Å². The molecule has 152 valence electrons. The number of nitrogens with one attached hydrogen (secondary N) is 1. The predicted octanol–water partition coefficient (Wildman–Crippen LogP) is 2.27. The van der Waals surface area contributed by atoms with Crippen LogP contribution in [0.5, 0.6) is 0 Å². The van der Waals surface area contributed by atoms with Crippen molar-refractivity contribution in [3.63, 3.8) is 0 Å². The number of rotatable bonds is 4. The number of hydrogen-bond acceptors (Lipinski definition) is 6. The molecule has 4 rings (SSSR count). The summed E-state index contributed by atoms with van der Waals surface area (Å²) in [7, 11) is 0. The topological polar surface area (TPSA) is 95.5 Å². The van der Waals surface area contributed by atoms with Crippen molar-refractivity contribution in [2.75, 3.05) is 31.5 Å². The minimum atomic E-state index is -0.395. The van der Waals surface area contributed by atoms with E-state index in [1.165, 1.54) is 0 Å². The van der Waals surface area contributed by atoms with E-state index in [4.69, 9.17) is 0 Å². The first-order chi connectivity index (χ1) is 14.1. The van der Waals surface area contributed by atoms with Gasteiger partial charge in [0.2, 0.25) is 15.9 Å². The third kappa shape index (κ3) is 4.45. The molecule has 2 saturated heterocycles. The Kier molecular flexibility index (Phi) is 5.84. The van der Waals surface area contributed by atoms with Crippen LogP contribution in [0.2, 0.25) is 0 Å². The molecule has 0 radical (unpaired) electrons. The molecular weight excluding hydrogens is 390 g/mol. The first kappa shape index (κ1) is 19.5. The molecule has 1 unspecified atom stereocenters. The van der Waals surface area contributed by atoms with Gasteiger partial charge in [0.25, 0.3) is 11.8 Å². The maximum atomic E-state index is 12.9. The summed E-state index contributed by atoms with van der Waals surface area (Å²) in [5.74, 6) is -0.659. The third-order valence-electron chi connectivity index (χ3n) is 5.31. The Bertz CT molecular complexity index is 895. The molecule has 1 aromatic heterocycles. The van der Waals surface area contributed by atoms with E-state index in [1.807, 2.05) is 23.1 Å². The van der Waals surface area contributed by atoms with Gasteiger partial charge in [0.1, 0.15) is 0 Å². The Hall–Kier alpha value is -2.81. The maximum Gasteiger partial charge on any atom is 0.286 e. The van der Waals surface area contributed by atoms with Gasteiger partial charge in [-0.2, -0.15) is 0 Å². The van der Waals surface area contributed by atoms with Gasteiger partial charge in [0.05, 0.1) is 5.92 Å². The zero-order valence-corrected chi connectivity index (χ0v) is 16.9. The van der Waals surface area contributed by atoms with Gasteiger partial charge in [-0.05, 0) is 37.8 Å². The van der Waals surface area contributed by atoms with E-state index >= 15 is 0 Å². The Balaban J connectivity index is 1.39. The van der Waals surface area contributed by atoms with E-state index in [1.54, 1.807) is 17.0 Å². The Morgan fingerprint density at radius 2 is 1.62 bits per heavy atom. The fourth-order valence-electron chi connectivity index (χ4n) is 3.80. The van der Waals surface area contributed by atoms with Crippen LogP contribution in [0.4, 0.5) is 5.69 Å². The van der Waals surface area contributed by atoms with E-state index in [-0.39, 0.29) is 27.7 Å². The van der Waals surface area contributed by atoms with Crippen molar-refractivity contribution in [3.05, 3.63) is 40.3 Å². The minimum Gasteiger partial charge on any atom is -0.342 e. The summed E-state index contributed by atoms with van der Waals surface area (Å²) in [5, 5.41) is 10.9. The Labute approximate surface area is 172 Å². The molecule has 1 atom stereocenters. The molecule has 29 heavy (non-hydrogen) atoms. The molecule has 8 nitrogen and oxygen atoms in total. The number of carbonyl (C=O) groups is 3. The molecule has 1 aromatic carbocycles. The van der Waals surface area contributed by atoms with Gasteiger partial charge in [-0.3, -0.25) is 14.4 Å². The lowest BCUT2D eigenvalue weighted by atomic mass is 9.96. The first-order valence-electron chi connectivity index (χ1n) is 9.90. The van der Waals surface area contributed by atoms with Crippen LogP contribution in [0.25, 0.3) is 0 Å². The number of anilines is 1. The summed E-state index contributed by atoms with van der Waals surface area (Å²) < 4.78 is 0. The minimum absolute atomic E-state index is 0.138. The molecular formula is C20H23N5O3S. The van der Waals surface area contributed by atoms with Crippen LogP contribution in [0.1, 0.15) is 45.3 Å². The molecule has 2 fully saturated rings. The summed E-state index contributed by atoms with van der Waals surface area (Å²) in [4.78, 5) is 41.5. The van der Waals surface area contributed by atoms with Crippen LogP contribution in [0.3, 0.4) is 0 Å². The summed E-state index contributed by atoms with van der Waals surface area (Å²) in [6.45, 7) is 2.63. The van der Waals surface area contributed by atoms with Gasteiger partial charge in [-0.25, -0.2) is 0 Å². The molecule has 3 heterocycles. The van der Waals surface area contributed by atoms with Crippen molar-refractivity contribution in [1.29, 1.82) is 0 Å². The molecule has 3 amide bonds. The maximum absolute atomic E-state index is 12.9. The van der Waals surface area contributed by atoms with Crippen molar-refractivity contribution in [2.45, 2.75) is 25.7 Å². The van der Waals surface area contributed by atoms with Crippen molar-refractivity contribution in [2.24, 2.45) is 5.92 Å². The Morgan fingerprint density at radius 1 is 0.931 bits per heavy atom. The van der Waals surface area contributed by atoms with Crippen LogP contribution in [0.15, 0.2) is 30.3 Å². The lowest BCUT2D eigenvalue weighted by Crippen LogP contribution is -2.46. The smallest absolute Gasteiger partial charge is 0.286 e. The lowest BCUT2D eigenvalue weighted by molar-refractivity contribution is -0.135. The summed E-state index contributed by atoms with van der Waals surface area (Å²) in [6.07, 6.45) is 3.70. The number of amides is 3. The first-order valence-corrected chi connectivity index (χ1v) is 10.7. The van der Waals surface area contributed by atoms with Crippen LogP contribution in [-0.2, 0) is 4.79 Å². The van der Waals surface area contributed by atoms with Gasteiger partial charge in [0.15, 0.2) is 0 Å². The number of carbonyl (C=O) groups excluding carboxylic acids is 3. The van der Waals surface area contributed by atoms with Crippen molar-refractivity contribution in [1.82, 2.24) is 20.0 Å². The van der Waals surface area contributed by atoms with E-state index in [0.717, 1.165) is 50.1 Å². The number of para-hydroxylation sites is 1. The predicted molar refractivity (Wildman–Crippen MR) is 109 cm³/mol. The second-order valence-corrected chi connectivity index (χ2v) is 8.33. The van der Waals surface area contributed by atoms with E-state index in [2.05, 4.69) is 15.5 Å². The highest BCUT2D eigenvalue weighted by atomic mass is 32.1. The van der Waals surface area contributed by atoms with Crippen LogP contribution in [-0.4, -0.2) is 63.9 Å². The van der Waals surface area contributed by atoms with Gasteiger partial charge in [-0.1, -0.05) is 29.5 Å². The third-order valence-corrected chi connectivity index (χ3v) is 6.22. The number of nitrogens with zero attached hydrogens (tertiary/aromatic N) is 4. The normalized spacial score (nSPS) is 19.2. The quantitative estimate of drug-likeness (QED) is 0.830. The highest BCUT2D eigenvalue weighted by Crippen LogP contribution is 2.23. The average Bonchev–Trinajstić information content (AvgIpc) is 3.46. The fourth-order valence-corrected chi connectivity index (χ4v) is 4.51. The van der Waals surface area contributed by atoms with Crippen molar-refractivity contribution in [3.8, 4) is 0 Å². The lowest BCUT2D eigenvalue weighted by Gasteiger charge is -2.33. The van der Waals surface area contributed by atoms with Gasteiger partial charge in [-0.15, -0.1) is 10.2 Å². The zero-order chi connectivity index (χ0) is 20.2. The van der Waals surface area contributed by atoms with Crippen molar-refractivity contribution < 1.29 is 14.4 Å².